The van der Waals surface area contributed by atoms with E-state index < -0.39 is 0 Å². The van der Waals surface area contributed by atoms with Crippen LogP contribution in [0, 0.1) is 0 Å². The van der Waals surface area contributed by atoms with Crippen LogP contribution in [0.15, 0.2) is 199 Å². The largest absolute Gasteiger partial charge is 0.455 e. The van der Waals surface area contributed by atoms with Crippen molar-refractivity contribution in [2.24, 2.45) is 0 Å². The first kappa shape index (κ1) is 31.4. The summed E-state index contributed by atoms with van der Waals surface area (Å²) in [6, 6.07) is 70.8. The van der Waals surface area contributed by atoms with Crippen LogP contribution in [-0.2, 0) is 0 Å². The quantitative estimate of drug-likeness (QED) is 0.165. The molecule has 0 bridgehead atoms. The van der Waals surface area contributed by atoms with Gasteiger partial charge in [0.2, 0.25) is 0 Å². The summed E-state index contributed by atoms with van der Waals surface area (Å²) in [5, 5.41) is 13.4. The maximum atomic E-state index is 7.08. The van der Waals surface area contributed by atoms with E-state index in [-0.39, 0.29) is 0 Å². The monoisotopic (exact) mass is 728 g/mol. The van der Waals surface area contributed by atoms with Gasteiger partial charge in [0.25, 0.3) is 0 Å². The Balaban J connectivity index is 1.25. The smallest absolute Gasteiger partial charge is 0.144 e. The molecule has 0 fully saturated rings. The van der Waals surface area contributed by atoms with Crippen LogP contribution in [0.1, 0.15) is 0 Å². The molecule has 0 amide bonds. The van der Waals surface area contributed by atoms with Gasteiger partial charge in [0.15, 0.2) is 0 Å². The van der Waals surface area contributed by atoms with E-state index in [0.29, 0.717) is 0 Å². The molecule has 56 heavy (non-hydrogen) atoms. The van der Waals surface area contributed by atoms with Crippen molar-refractivity contribution in [2.75, 3.05) is 0 Å². The summed E-state index contributed by atoms with van der Waals surface area (Å²) >= 11 is 1.89. The minimum Gasteiger partial charge on any atom is -0.455 e. The minimum atomic E-state index is 0.898. The average Bonchev–Trinajstić information content (AvgIpc) is 3.84. The predicted molar refractivity (Wildman–Crippen MR) is 241 cm³/mol. The average molecular weight is 729 g/mol. The van der Waals surface area contributed by atoms with Gasteiger partial charge >= 0.3 is 0 Å². The fourth-order valence-corrected chi connectivity index (χ4v) is 10.5. The van der Waals surface area contributed by atoms with Gasteiger partial charge in [-0.25, -0.2) is 0 Å². The van der Waals surface area contributed by atoms with Crippen molar-refractivity contribution in [3.63, 3.8) is 0 Å². The van der Waals surface area contributed by atoms with Crippen LogP contribution in [0.3, 0.4) is 0 Å². The summed E-state index contributed by atoms with van der Waals surface area (Å²) in [5.74, 6) is 0. The third-order valence-electron chi connectivity index (χ3n) is 11.6. The van der Waals surface area contributed by atoms with E-state index in [1.807, 2.05) is 11.3 Å². The van der Waals surface area contributed by atoms with E-state index in [1.54, 1.807) is 0 Å². The lowest BCUT2D eigenvalue weighted by Crippen LogP contribution is -1.92. The first-order valence-corrected chi connectivity index (χ1v) is 20.0. The Morgan fingerprint density at radius 3 is 1.64 bits per heavy atom. The molecule has 0 aliphatic heterocycles. The Morgan fingerprint density at radius 2 is 0.911 bits per heavy atom. The van der Waals surface area contributed by atoms with Gasteiger partial charge in [-0.2, -0.15) is 0 Å². The second-order valence-electron chi connectivity index (χ2n) is 14.7. The van der Waals surface area contributed by atoms with Gasteiger partial charge in [-0.15, -0.1) is 11.3 Å². The molecule has 2 heterocycles. The Bertz CT molecular complexity index is 3470. The second kappa shape index (κ2) is 12.3. The highest BCUT2D eigenvalue weighted by atomic mass is 32.1. The summed E-state index contributed by atoms with van der Waals surface area (Å²) in [6.45, 7) is 0. The number of para-hydroxylation sites is 1. The highest BCUT2D eigenvalue weighted by Gasteiger charge is 2.26. The van der Waals surface area contributed by atoms with Crippen LogP contribution in [0.25, 0.3) is 119 Å². The molecule has 0 spiro atoms. The van der Waals surface area contributed by atoms with Crippen molar-refractivity contribution in [3.05, 3.63) is 194 Å². The molecule has 0 N–H and O–H groups in total. The minimum absolute atomic E-state index is 0.898. The van der Waals surface area contributed by atoms with Crippen LogP contribution in [0.2, 0.25) is 0 Å². The van der Waals surface area contributed by atoms with E-state index in [4.69, 9.17) is 4.42 Å². The van der Waals surface area contributed by atoms with E-state index in [9.17, 15) is 0 Å². The van der Waals surface area contributed by atoms with Gasteiger partial charge in [-0.3, -0.25) is 0 Å². The number of hydrogen-bond donors (Lipinski definition) is 0. The van der Waals surface area contributed by atoms with Gasteiger partial charge in [-0.05, 0) is 83.5 Å². The molecule has 0 aliphatic carbocycles. The molecule has 10 aromatic carbocycles. The lowest BCUT2D eigenvalue weighted by Gasteiger charge is -2.19. The van der Waals surface area contributed by atoms with Crippen LogP contribution >= 0.6 is 11.3 Å². The van der Waals surface area contributed by atoms with Gasteiger partial charge < -0.3 is 4.42 Å². The molecule has 0 radical (unpaired) electrons. The summed E-state index contributed by atoms with van der Waals surface area (Å²) < 4.78 is 8.33. The summed E-state index contributed by atoms with van der Waals surface area (Å²) in [7, 11) is 0. The van der Waals surface area contributed by atoms with Crippen molar-refractivity contribution >= 4 is 86.5 Å². The first-order chi connectivity index (χ1) is 27.8. The summed E-state index contributed by atoms with van der Waals surface area (Å²) in [5.41, 5.74) is 10.3. The zero-order valence-electron chi connectivity index (χ0n) is 30.3. The summed E-state index contributed by atoms with van der Waals surface area (Å²) in [4.78, 5) is 1.27. The van der Waals surface area contributed by atoms with Crippen LogP contribution in [0.4, 0.5) is 0 Å². The predicted octanol–water partition coefficient (Wildman–Crippen LogP) is 16.1. The maximum absolute atomic E-state index is 7.08. The van der Waals surface area contributed by atoms with E-state index >= 15 is 0 Å². The molecule has 12 aromatic rings. The normalized spacial score (nSPS) is 11.9. The number of fused-ring (bicyclic) bond motifs is 9. The lowest BCUT2D eigenvalue weighted by molar-refractivity contribution is 0.670. The fourth-order valence-electron chi connectivity index (χ4n) is 9.23. The van der Waals surface area contributed by atoms with Crippen LogP contribution in [0.5, 0.6) is 0 Å². The second-order valence-corrected chi connectivity index (χ2v) is 15.8. The van der Waals surface area contributed by atoms with E-state index in [1.165, 1.54) is 96.8 Å². The topological polar surface area (TPSA) is 13.1 Å². The zero-order valence-corrected chi connectivity index (χ0v) is 31.1. The maximum Gasteiger partial charge on any atom is 0.144 e. The van der Waals surface area contributed by atoms with Gasteiger partial charge in [0.05, 0.1) is 0 Å². The third kappa shape index (κ3) is 4.60. The molecular weight excluding hydrogens is 697 g/mol. The van der Waals surface area contributed by atoms with Gasteiger partial charge in [0.1, 0.15) is 11.2 Å². The van der Waals surface area contributed by atoms with Crippen LogP contribution in [-0.4, -0.2) is 0 Å². The fraction of sp³-hybridized carbons (Fsp3) is 0. The zero-order chi connectivity index (χ0) is 36.7. The van der Waals surface area contributed by atoms with Crippen molar-refractivity contribution in [3.8, 4) is 43.8 Å². The molecule has 2 heteroatoms. The van der Waals surface area contributed by atoms with E-state index in [2.05, 4.69) is 194 Å². The number of thiophene rings is 1. The molecule has 0 aliphatic rings. The first-order valence-electron chi connectivity index (χ1n) is 19.2. The SMILES string of the molecule is c1ccc(-c2c(-c3ccc4ccccc4c3)sc3cc(-c4c5ccccc5c(-c5cccc6ccccc56)c5ccccc45)c4oc5ccccc5c4c23)cc1. The van der Waals surface area contributed by atoms with Gasteiger partial charge in [-0.1, -0.05) is 176 Å². The van der Waals surface area contributed by atoms with Crippen LogP contribution < -0.4 is 0 Å². The molecule has 0 saturated carbocycles. The van der Waals surface area contributed by atoms with Crippen molar-refractivity contribution in [1.29, 1.82) is 0 Å². The van der Waals surface area contributed by atoms with Crippen molar-refractivity contribution < 1.29 is 4.42 Å². The molecule has 0 atom stereocenters. The lowest BCUT2D eigenvalue weighted by atomic mass is 9.84. The third-order valence-corrected chi connectivity index (χ3v) is 12.8. The summed E-state index contributed by atoms with van der Waals surface area (Å²) in [6.07, 6.45) is 0. The molecule has 0 unspecified atom stereocenters. The number of furan rings is 1. The highest BCUT2D eigenvalue weighted by Crippen LogP contribution is 2.54. The Morgan fingerprint density at radius 1 is 0.339 bits per heavy atom. The molecule has 0 saturated heterocycles. The van der Waals surface area contributed by atoms with Crippen molar-refractivity contribution in [2.45, 2.75) is 0 Å². The highest BCUT2D eigenvalue weighted by molar-refractivity contribution is 7.23. The van der Waals surface area contributed by atoms with Gasteiger partial charge in [0, 0.05) is 42.4 Å². The number of benzene rings is 10. The molecular formula is C54H32OS. The Labute approximate surface area is 327 Å². The molecule has 2 aromatic heterocycles. The number of rotatable bonds is 4. The standard InChI is InChI=1S/C54H32OS/c1-2-17-35(18-3-1)48-52-47(56-54(48)37-30-29-33-15-4-5-19-36(33)31-37)32-45(53-51(52)44-26-12-13-28-46(44)55-53)50-42-24-10-8-22-40(42)49(41-23-9-11-25-43(41)50)39-27-14-20-34-16-6-7-21-38(34)39/h1-32H. The Kier molecular flexibility index (Phi) is 6.87. The van der Waals surface area contributed by atoms with Crippen molar-refractivity contribution in [1.82, 2.24) is 0 Å². The molecule has 260 valence electrons. The number of hydrogen-bond acceptors (Lipinski definition) is 2. The van der Waals surface area contributed by atoms with E-state index in [0.717, 1.165) is 22.1 Å². The Hall–Kier alpha value is -7.00. The molecule has 1 nitrogen and oxygen atoms in total. The molecule has 12 rings (SSSR count).